The smallest absolute Gasteiger partial charge is 0.250 e. The standard InChI is InChI=1S/C23H24FN5O3S/c1-15-8-16(2)10-18(9-15)22-26-14-28(27-22)11-20(21(25)30)17-4-6-19(7-5-17)33(31,32)29-12-23(3,24)13-29/h4-11,14H,12-13H2,1-3H3,(H2,25,30)/b20-11+. The second-order valence-corrected chi connectivity index (χ2v) is 10.5. The number of alkyl halides is 1. The Labute approximate surface area is 191 Å². The van der Waals surface area contributed by atoms with Crippen LogP contribution in [0.25, 0.3) is 23.2 Å². The van der Waals surface area contributed by atoms with Crippen molar-refractivity contribution in [2.75, 3.05) is 13.1 Å². The lowest BCUT2D eigenvalue weighted by atomic mass is 10.0. The molecule has 0 bridgehead atoms. The van der Waals surface area contributed by atoms with Gasteiger partial charge in [0, 0.05) is 24.9 Å². The SMILES string of the molecule is Cc1cc(C)cc(-c2ncn(/C=C(/C(N)=O)c3ccc(S(=O)(=O)N4CC(C)(F)C4)cc3)n2)c1. The van der Waals surface area contributed by atoms with Crippen LogP contribution in [0.5, 0.6) is 0 Å². The summed E-state index contributed by atoms with van der Waals surface area (Å²) in [7, 11) is -3.80. The summed E-state index contributed by atoms with van der Waals surface area (Å²) >= 11 is 0. The highest BCUT2D eigenvalue weighted by atomic mass is 32.2. The zero-order chi connectivity index (χ0) is 24.0. The van der Waals surface area contributed by atoms with Crippen LogP contribution in [0, 0.1) is 13.8 Å². The molecule has 0 unspecified atom stereocenters. The Morgan fingerprint density at radius 3 is 2.27 bits per heavy atom. The van der Waals surface area contributed by atoms with Gasteiger partial charge in [0.05, 0.1) is 10.5 Å². The number of sulfonamides is 1. The van der Waals surface area contributed by atoms with Crippen LogP contribution >= 0.6 is 0 Å². The molecule has 1 saturated heterocycles. The molecule has 10 heteroatoms. The number of primary amides is 1. The quantitative estimate of drug-likeness (QED) is 0.558. The average molecular weight is 470 g/mol. The van der Waals surface area contributed by atoms with E-state index in [-0.39, 0.29) is 23.6 Å². The van der Waals surface area contributed by atoms with E-state index in [0.29, 0.717) is 11.4 Å². The van der Waals surface area contributed by atoms with Crippen molar-refractivity contribution < 1.29 is 17.6 Å². The molecule has 0 radical (unpaired) electrons. The number of halogens is 1. The number of benzene rings is 2. The number of aryl methyl sites for hydroxylation is 2. The number of amides is 1. The second kappa shape index (κ2) is 8.20. The van der Waals surface area contributed by atoms with E-state index >= 15 is 0 Å². The Balaban J connectivity index is 1.61. The van der Waals surface area contributed by atoms with Gasteiger partial charge in [0.25, 0.3) is 5.91 Å². The molecule has 2 heterocycles. The molecule has 1 aromatic heterocycles. The summed E-state index contributed by atoms with van der Waals surface area (Å²) in [5.74, 6) is -0.206. The number of carbonyl (C=O) groups is 1. The third-order valence-corrected chi connectivity index (χ3v) is 7.14. The van der Waals surface area contributed by atoms with Crippen molar-refractivity contribution >= 4 is 27.7 Å². The van der Waals surface area contributed by atoms with Gasteiger partial charge in [-0.15, -0.1) is 5.10 Å². The van der Waals surface area contributed by atoms with Gasteiger partial charge in [-0.05, 0) is 50.6 Å². The summed E-state index contributed by atoms with van der Waals surface area (Å²) in [6, 6.07) is 11.7. The Kier molecular flexibility index (Phi) is 5.67. The van der Waals surface area contributed by atoms with Gasteiger partial charge in [0.15, 0.2) is 5.82 Å². The topological polar surface area (TPSA) is 111 Å². The van der Waals surface area contributed by atoms with E-state index in [1.807, 2.05) is 32.0 Å². The van der Waals surface area contributed by atoms with E-state index in [1.165, 1.54) is 48.4 Å². The fraction of sp³-hybridized carbons (Fsp3) is 0.261. The molecular weight excluding hydrogens is 445 g/mol. The highest BCUT2D eigenvalue weighted by molar-refractivity contribution is 7.89. The van der Waals surface area contributed by atoms with Gasteiger partial charge >= 0.3 is 0 Å². The molecule has 0 atom stereocenters. The lowest BCUT2D eigenvalue weighted by Crippen LogP contribution is -2.58. The molecule has 3 aromatic rings. The second-order valence-electron chi connectivity index (χ2n) is 8.54. The summed E-state index contributed by atoms with van der Waals surface area (Å²) < 4.78 is 41.5. The van der Waals surface area contributed by atoms with Crippen LogP contribution in [0.1, 0.15) is 23.6 Å². The van der Waals surface area contributed by atoms with Gasteiger partial charge in [0.1, 0.15) is 12.0 Å². The highest BCUT2D eigenvalue weighted by Crippen LogP contribution is 2.31. The fourth-order valence-corrected chi connectivity index (χ4v) is 5.46. The Morgan fingerprint density at radius 1 is 1.12 bits per heavy atom. The van der Waals surface area contributed by atoms with Crippen LogP contribution < -0.4 is 5.73 Å². The largest absolute Gasteiger partial charge is 0.366 e. The zero-order valence-electron chi connectivity index (χ0n) is 18.5. The number of aromatic nitrogens is 3. The molecule has 33 heavy (non-hydrogen) atoms. The summed E-state index contributed by atoms with van der Waals surface area (Å²) in [5.41, 5.74) is 7.63. The predicted molar refractivity (Wildman–Crippen MR) is 123 cm³/mol. The lowest BCUT2D eigenvalue weighted by molar-refractivity contribution is -0.112. The van der Waals surface area contributed by atoms with Crippen molar-refractivity contribution in [1.82, 2.24) is 19.1 Å². The van der Waals surface area contributed by atoms with Crippen LogP contribution in [0.15, 0.2) is 53.7 Å². The first-order chi connectivity index (χ1) is 15.4. The molecular formula is C23H24FN5O3S. The molecule has 1 aliphatic heterocycles. The van der Waals surface area contributed by atoms with E-state index in [0.717, 1.165) is 21.0 Å². The monoisotopic (exact) mass is 469 g/mol. The number of nitrogens with two attached hydrogens (primary N) is 1. The minimum Gasteiger partial charge on any atom is -0.366 e. The molecule has 0 spiro atoms. The van der Waals surface area contributed by atoms with E-state index in [4.69, 9.17) is 5.73 Å². The van der Waals surface area contributed by atoms with Crippen molar-refractivity contribution in [3.63, 3.8) is 0 Å². The fourth-order valence-electron chi connectivity index (χ4n) is 3.80. The molecule has 4 rings (SSSR count). The number of hydrogen-bond donors (Lipinski definition) is 1. The number of carbonyl (C=O) groups excluding carboxylic acids is 1. The van der Waals surface area contributed by atoms with Gasteiger partial charge < -0.3 is 5.73 Å². The molecule has 1 aliphatic rings. The van der Waals surface area contributed by atoms with Crippen molar-refractivity contribution in [3.05, 3.63) is 65.5 Å². The average Bonchev–Trinajstić information content (AvgIpc) is 3.18. The van der Waals surface area contributed by atoms with E-state index < -0.39 is 21.6 Å². The molecule has 2 aromatic carbocycles. The molecule has 0 saturated carbocycles. The van der Waals surface area contributed by atoms with Gasteiger partial charge in [-0.3, -0.25) is 4.79 Å². The minimum atomic E-state index is -3.80. The van der Waals surface area contributed by atoms with Crippen LogP contribution in [0.3, 0.4) is 0 Å². The van der Waals surface area contributed by atoms with Crippen LogP contribution in [0.2, 0.25) is 0 Å². The van der Waals surface area contributed by atoms with Crippen molar-refractivity contribution in [2.24, 2.45) is 5.73 Å². The van der Waals surface area contributed by atoms with Crippen LogP contribution in [0.4, 0.5) is 4.39 Å². The van der Waals surface area contributed by atoms with E-state index in [2.05, 4.69) is 10.1 Å². The lowest BCUT2D eigenvalue weighted by Gasteiger charge is -2.40. The molecule has 2 N–H and O–H groups in total. The van der Waals surface area contributed by atoms with Crippen LogP contribution in [-0.4, -0.2) is 52.2 Å². The molecule has 1 amide bonds. The molecule has 8 nitrogen and oxygen atoms in total. The van der Waals surface area contributed by atoms with E-state index in [9.17, 15) is 17.6 Å². The van der Waals surface area contributed by atoms with E-state index in [1.54, 1.807) is 0 Å². The van der Waals surface area contributed by atoms with Crippen molar-refractivity contribution in [3.8, 4) is 11.4 Å². The Hall–Kier alpha value is -3.37. The molecule has 0 aliphatic carbocycles. The van der Waals surface area contributed by atoms with Gasteiger partial charge in [-0.2, -0.15) is 4.31 Å². The summed E-state index contributed by atoms with van der Waals surface area (Å²) in [4.78, 5) is 16.4. The number of rotatable bonds is 6. The number of nitrogens with zero attached hydrogens (tertiary/aromatic N) is 4. The van der Waals surface area contributed by atoms with Crippen molar-refractivity contribution in [2.45, 2.75) is 31.3 Å². The Bertz CT molecular complexity index is 1330. The molecule has 1 fully saturated rings. The minimum absolute atomic E-state index is 0.0171. The van der Waals surface area contributed by atoms with Gasteiger partial charge in [-0.1, -0.05) is 29.3 Å². The predicted octanol–water partition coefficient (Wildman–Crippen LogP) is 2.78. The first-order valence-electron chi connectivity index (χ1n) is 10.3. The van der Waals surface area contributed by atoms with Crippen molar-refractivity contribution in [1.29, 1.82) is 0 Å². The summed E-state index contributed by atoms with van der Waals surface area (Å²) in [5, 5.41) is 4.41. The number of hydrogen-bond acceptors (Lipinski definition) is 5. The first-order valence-corrected chi connectivity index (χ1v) is 11.7. The molecule has 172 valence electrons. The first kappa shape index (κ1) is 22.8. The van der Waals surface area contributed by atoms with Crippen LogP contribution in [-0.2, 0) is 14.8 Å². The third-order valence-electron chi connectivity index (χ3n) is 5.33. The summed E-state index contributed by atoms with van der Waals surface area (Å²) in [6.07, 6.45) is 2.90. The Morgan fingerprint density at radius 2 is 1.73 bits per heavy atom. The highest BCUT2D eigenvalue weighted by Gasteiger charge is 2.45. The maximum atomic E-state index is 13.7. The maximum Gasteiger partial charge on any atom is 0.250 e. The maximum absolute atomic E-state index is 13.7. The van der Waals surface area contributed by atoms with Gasteiger partial charge in [0.2, 0.25) is 10.0 Å². The third kappa shape index (κ3) is 4.71. The normalized spacial score (nSPS) is 16.4. The summed E-state index contributed by atoms with van der Waals surface area (Å²) in [6.45, 7) is 4.97. The van der Waals surface area contributed by atoms with Gasteiger partial charge in [-0.25, -0.2) is 22.5 Å². The zero-order valence-corrected chi connectivity index (χ0v) is 19.3.